The average molecular weight is 171 g/mol. The van der Waals surface area contributed by atoms with Gasteiger partial charge in [0.2, 0.25) is 0 Å². The van der Waals surface area contributed by atoms with Gasteiger partial charge in [-0.05, 0) is 12.4 Å². The highest BCUT2D eigenvalue weighted by molar-refractivity contribution is 7.90. The molecule has 11 heavy (non-hydrogen) atoms. The zero-order chi connectivity index (χ0) is 8.32. The molecule has 0 radical (unpaired) electrons. The molecule has 0 spiro atoms. The summed E-state index contributed by atoms with van der Waals surface area (Å²) in [5, 5.41) is 5.82. The number of nitrogens with zero attached hydrogens (tertiary/aromatic N) is 2. The molecular weight excluding hydrogens is 166 g/mol. The van der Waals surface area contributed by atoms with E-state index in [1.165, 1.54) is 6.20 Å². The Kier molecular flexibility index (Phi) is 1.89. The number of aromatic amines is 1. The molecular formula is C5H5N3O2S. The second-order valence-electron chi connectivity index (χ2n) is 1.66. The molecule has 0 aliphatic carbocycles. The maximum atomic E-state index is 11.0. The van der Waals surface area contributed by atoms with E-state index in [1.807, 2.05) is 5.87 Å². The van der Waals surface area contributed by atoms with Crippen LogP contribution in [0, 0.1) is 0 Å². The van der Waals surface area contributed by atoms with E-state index < -0.39 is 10.0 Å². The van der Waals surface area contributed by atoms with Gasteiger partial charge in [0, 0.05) is 6.20 Å². The smallest absolute Gasteiger partial charge is 0.284 e. The second kappa shape index (κ2) is 2.69. The quantitative estimate of drug-likeness (QED) is 0.634. The summed E-state index contributed by atoms with van der Waals surface area (Å²) in [4.78, 5) is 0.00801. The Hall–Kier alpha value is -1.39. The Balaban J connectivity index is 3.22. The maximum Gasteiger partial charge on any atom is 0.293 e. The van der Waals surface area contributed by atoms with Crippen LogP contribution in [0.2, 0.25) is 0 Å². The summed E-state index contributed by atoms with van der Waals surface area (Å²) >= 11 is 0. The molecule has 0 bridgehead atoms. The van der Waals surface area contributed by atoms with Crippen LogP contribution in [0.1, 0.15) is 0 Å². The fraction of sp³-hybridized carbons (Fsp3) is 0. The number of hydrogen-bond donors (Lipinski definition) is 1. The standard InChI is InChI=1S/C5H5N3O2S/c1-2-8-11(9,10)5-3-6-7-4-5/h3-4H,1H2,(H,6,7). The van der Waals surface area contributed by atoms with Crippen molar-refractivity contribution in [3.63, 3.8) is 0 Å². The predicted octanol–water partition coefficient (Wildman–Crippen LogP) is -0.0459. The van der Waals surface area contributed by atoms with E-state index in [9.17, 15) is 8.42 Å². The number of nitrogens with one attached hydrogen (secondary N) is 1. The highest BCUT2D eigenvalue weighted by Crippen LogP contribution is 2.06. The van der Waals surface area contributed by atoms with Crippen LogP contribution in [0.4, 0.5) is 0 Å². The maximum absolute atomic E-state index is 11.0. The summed E-state index contributed by atoms with van der Waals surface area (Å²) in [6, 6.07) is 0. The summed E-state index contributed by atoms with van der Waals surface area (Å²) in [6.45, 7) is 3.05. The Morgan fingerprint density at radius 2 is 2.45 bits per heavy atom. The predicted molar refractivity (Wildman–Crippen MR) is 38.8 cm³/mol. The average Bonchev–Trinajstić information content (AvgIpc) is 2.37. The molecule has 0 fully saturated rings. The number of aromatic nitrogens is 2. The summed E-state index contributed by atoms with van der Waals surface area (Å²) in [5.41, 5.74) is 0. The van der Waals surface area contributed by atoms with E-state index in [1.54, 1.807) is 0 Å². The van der Waals surface area contributed by atoms with Crippen LogP contribution >= 0.6 is 0 Å². The van der Waals surface area contributed by atoms with E-state index >= 15 is 0 Å². The molecule has 0 aliphatic rings. The zero-order valence-corrected chi connectivity index (χ0v) is 6.30. The van der Waals surface area contributed by atoms with E-state index in [-0.39, 0.29) is 4.90 Å². The lowest BCUT2D eigenvalue weighted by Gasteiger charge is -1.86. The molecule has 1 heterocycles. The van der Waals surface area contributed by atoms with E-state index in [4.69, 9.17) is 0 Å². The van der Waals surface area contributed by atoms with Gasteiger partial charge >= 0.3 is 0 Å². The minimum Gasteiger partial charge on any atom is -0.284 e. The van der Waals surface area contributed by atoms with Gasteiger partial charge in [-0.2, -0.15) is 13.5 Å². The first kappa shape index (κ1) is 7.71. The highest BCUT2D eigenvalue weighted by atomic mass is 32.2. The molecule has 6 heteroatoms. The minimum absolute atomic E-state index is 0.00801. The summed E-state index contributed by atoms with van der Waals surface area (Å²) < 4.78 is 25.0. The van der Waals surface area contributed by atoms with Gasteiger partial charge in [-0.3, -0.25) is 5.10 Å². The normalized spacial score (nSPS) is 10.5. The zero-order valence-electron chi connectivity index (χ0n) is 5.48. The fourth-order valence-corrected chi connectivity index (χ4v) is 1.18. The number of rotatable bonds is 2. The van der Waals surface area contributed by atoms with Crippen molar-refractivity contribution in [2.24, 2.45) is 4.40 Å². The van der Waals surface area contributed by atoms with Crippen LogP contribution < -0.4 is 0 Å². The van der Waals surface area contributed by atoms with Crippen molar-refractivity contribution in [2.75, 3.05) is 0 Å². The molecule has 1 rings (SSSR count). The van der Waals surface area contributed by atoms with Gasteiger partial charge in [-0.15, -0.1) is 4.40 Å². The number of hydrogen-bond acceptors (Lipinski definition) is 3. The first-order chi connectivity index (χ1) is 5.17. The van der Waals surface area contributed by atoms with Crippen molar-refractivity contribution in [1.29, 1.82) is 0 Å². The summed E-state index contributed by atoms with van der Waals surface area (Å²) in [6.07, 6.45) is 2.40. The van der Waals surface area contributed by atoms with Crippen molar-refractivity contribution in [3.05, 3.63) is 19.0 Å². The number of sulfonamides is 1. The molecule has 0 amide bonds. The SMILES string of the molecule is C=C=NS(=O)(=O)c1cn[nH]c1. The molecule has 0 unspecified atom stereocenters. The van der Waals surface area contributed by atoms with Crippen molar-refractivity contribution in [3.8, 4) is 0 Å². The monoisotopic (exact) mass is 171 g/mol. The Morgan fingerprint density at radius 3 is 2.91 bits per heavy atom. The van der Waals surface area contributed by atoms with Crippen LogP contribution in [-0.2, 0) is 10.0 Å². The Labute approximate surface area is 63.5 Å². The largest absolute Gasteiger partial charge is 0.293 e. The van der Waals surface area contributed by atoms with Gasteiger partial charge in [-0.25, -0.2) is 0 Å². The second-order valence-corrected chi connectivity index (χ2v) is 3.26. The van der Waals surface area contributed by atoms with Gasteiger partial charge in [0.05, 0.1) is 6.20 Å². The fourth-order valence-electron chi connectivity index (χ4n) is 0.518. The van der Waals surface area contributed by atoms with Gasteiger partial charge in [0.25, 0.3) is 10.0 Å². The van der Waals surface area contributed by atoms with Crippen molar-refractivity contribution < 1.29 is 8.42 Å². The van der Waals surface area contributed by atoms with Crippen LogP contribution in [0.3, 0.4) is 0 Å². The lowest BCUT2D eigenvalue weighted by molar-refractivity contribution is 0.598. The Bertz CT molecular complexity index is 372. The lowest BCUT2D eigenvalue weighted by atomic mass is 10.7. The molecule has 0 aliphatic heterocycles. The van der Waals surface area contributed by atoms with Gasteiger partial charge < -0.3 is 0 Å². The molecule has 58 valence electrons. The molecule has 0 saturated heterocycles. The lowest BCUT2D eigenvalue weighted by Crippen LogP contribution is -1.92. The molecule has 0 saturated carbocycles. The number of H-pyrrole nitrogens is 1. The van der Waals surface area contributed by atoms with Crippen molar-refractivity contribution >= 4 is 15.9 Å². The summed E-state index contributed by atoms with van der Waals surface area (Å²) in [5.74, 6) is 1.94. The van der Waals surface area contributed by atoms with E-state index in [0.717, 1.165) is 6.20 Å². The van der Waals surface area contributed by atoms with Crippen LogP contribution in [0.15, 0.2) is 28.3 Å². The summed E-state index contributed by atoms with van der Waals surface area (Å²) in [7, 11) is -3.61. The third-order valence-electron chi connectivity index (χ3n) is 0.956. The molecule has 5 nitrogen and oxygen atoms in total. The molecule has 1 N–H and O–H groups in total. The van der Waals surface area contributed by atoms with E-state index in [0.29, 0.717) is 0 Å². The van der Waals surface area contributed by atoms with Crippen LogP contribution in [-0.4, -0.2) is 24.5 Å². The van der Waals surface area contributed by atoms with Gasteiger partial charge in [-0.1, -0.05) is 0 Å². The molecule has 0 aromatic carbocycles. The van der Waals surface area contributed by atoms with Crippen LogP contribution in [0.5, 0.6) is 0 Å². The third kappa shape index (κ3) is 1.54. The molecule has 0 atom stereocenters. The molecule has 1 aromatic rings. The minimum atomic E-state index is -3.61. The topological polar surface area (TPSA) is 75.2 Å². The van der Waals surface area contributed by atoms with Crippen molar-refractivity contribution in [2.45, 2.75) is 4.90 Å². The molecule has 1 aromatic heterocycles. The van der Waals surface area contributed by atoms with Gasteiger partial charge in [0.15, 0.2) is 0 Å². The first-order valence-electron chi connectivity index (χ1n) is 2.65. The first-order valence-corrected chi connectivity index (χ1v) is 4.09. The highest BCUT2D eigenvalue weighted by Gasteiger charge is 2.11. The van der Waals surface area contributed by atoms with Crippen molar-refractivity contribution in [1.82, 2.24) is 10.2 Å². The van der Waals surface area contributed by atoms with E-state index in [2.05, 4.69) is 21.2 Å². The Morgan fingerprint density at radius 1 is 1.73 bits per heavy atom. The third-order valence-corrected chi connectivity index (χ3v) is 2.14. The van der Waals surface area contributed by atoms with Crippen LogP contribution in [0.25, 0.3) is 0 Å². The van der Waals surface area contributed by atoms with Gasteiger partial charge in [0.1, 0.15) is 4.90 Å².